The molecular weight excluding hydrogens is 709 g/mol. The molecule has 4 fully saturated rings. The number of piperidine rings is 1. The van der Waals surface area contributed by atoms with Gasteiger partial charge in [-0.25, -0.2) is 4.90 Å². The fourth-order valence-electron chi connectivity index (χ4n) is 9.49. The summed E-state index contributed by atoms with van der Waals surface area (Å²) in [6, 6.07) is 13.2. The number of rotatable bonds is 10. The molecule has 292 valence electrons. The number of aryl methyl sites for hydroxylation is 1. The normalized spacial score (nSPS) is 22.4. The number of nitrogens with zero attached hydrogens (tertiary/aromatic N) is 7. The highest BCUT2D eigenvalue weighted by molar-refractivity contribution is 6.18. The van der Waals surface area contributed by atoms with Crippen molar-refractivity contribution < 1.29 is 19.1 Å². The second-order valence-electron chi connectivity index (χ2n) is 16.2. The molecule has 4 aliphatic rings. The van der Waals surface area contributed by atoms with Crippen molar-refractivity contribution in [2.45, 2.75) is 82.8 Å². The summed E-state index contributed by atoms with van der Waals surface area (Å²) >= 11 is 0. The average Bonchev–Trinajstić information content (AvgIpc) is 3.88. The van der Waals surface area contributed by atoms with Crippen LogP contribution in [0.3, 0.4) is 0 Å². The molecule has 0 radical (unpaired) electrons. The van der Waals surface area contributed by atoms with Crippen LogP contribution in [0.1, 0.15) is 91.8 Å². The number of hydrogen-bond acceptors (Lipinski definition) is 8. The van der Waals surface area contributed by atoms with Crippen molar-refractivity contribution in [3.63, 3.8) is 0 Å². The predicted molar refractivity (Wildman–Crippen MR) is 215 cm³/mol. The molecule has 13 nitrogen and oxygen atoms in total. The van der Waals surface area contributed by atoms with Crippen molar-refractivity contribution >= 4 is 50.9 Å². The molecule has 2 saturated carbocycles. The Balaban J connectivity index is 0.820. The van der Waals surface area contributed by atoms with Crippen LogP contribution in [-0.4, -0.2) is 81.4 Å². The molecule has 2 aliphatic carbocycles. The summed E-state index contributed by atoms with van der Waals surface area (Å²) in [5.74, 6) is -0.0110. The van der Waals surface area contributed by atoms with Gasteiger partial charge in [-0.1, -0.05) is 6.07 Å². The maximum absolute atomic E-state index is 14.1. The molecule has 1 atom stereocenters. The molecule has 5 aromatic rings. The van der Waals surface area contributed by atoms with Gasteiger partial charge in [0.2, 0.25) is 5.91 Å². The van der Waals surface area contributed by atoms with Gasteiger partial charge in [-0.05, 0) is 107 Å². The number of imide groups is 1. The maximum Gasteiger partial charge on any atom is 0.275 e. The van der Waals surface area contributed by atoms with E-state index in [0.29, 0.717) is 29.7 Å². The van der Waals surface area contributed by atoms with Gasteiger partial charge in [0.15, 0.2) is 0 Å². The van der Waals surface area contributed by atoms with Gasteiger partial charge < -0.3 is 24.5 Å². The fraction of sp³-hybridized carbons (Fsp3) is 0.465. The third-order valence-electron chi connectivity index (χ3n) is 12.7. The third-order valence-corrected chi connectivity index (χ3v) is 12.7. The Morgan fingerprint density at radius 3 is 2.36 bits per heavy atom. The Bertz CT molecular complexity index is 2390. The number of primary amides is 1. The number of fused-ring (bicyclic) bond motifs is 2. The lowest BCUT2D eigenvalue weighted by atomic mass is 9.84. The van der Waals surface area contributed by atoms with Gasteiger partial charge >= 0.3 is 0 Å². The van der Waals surface area contributed by atoms with E-state index in [4.69, 9.17) is 15.6 Å². The van der Waals surface area contributed by atoms with Crippen LogP contribution < -0.4 is 25.8 Å². The van der Waals surface area contributed by atoms with Crippen LogP contribution in [0.25, 0.3) is 21.8 Å². The molecule has 0 bridgehead atoms. The number of pyridine rings is 1. The highest BCUT2D eigenvalue weighted by Crippen LogP contribution is 2.39. The Morgan fingerprint density at radius 2 is 1.62 bits per heavy atom. The van der Waals surface area contributed by atoms with Crippen LogP contribution in [-0.2, 0) is 9.59 Å². The number of aromatic nitrogens is 4. The summed E-state index contributed by atoms with van der Waals surface area (Å²) in [6.07, 6.45) is 14.0. The zero-order valence-corrected chi connectivity index (χ0v) is 32.2. The van der Waals surface area contributed by atoms with Crippen molar-refractivity contribution in [1.29, 1.82) is 0 Å². The van der Waals surface area contributed by atoms with Gasteiger partial charge in [0.25, 0.3) is 17.4 Å². The van der Waals surface area contributed by atoms with E-state index in [1.54, 1.807) is 35.0 Å². The van der Waals surface area contributed by atoms with Crippen LogP contribution in [0.2, 0.25) is 0 Å². The number of amides is 3. The van der Waals surface area contributed by atoms with E-state index >= 15 is 0 Å². The van der Waals surface area contributed by atoms with Crippen molar-refractivity contribution in [3.8, 4) is 5.75 Å². The van der Waals surface area contributed by atoms with Gasteiger partial charge in [0, 0.05) is 79.8 Å². The number of carbonyl (C=O) groups excluding carboxylic acids is 3. The summed E-state index contributed by atoms with van der Waals surface area (Å²) in [5, 5.41) is 6.88. The first-order valence-electron chi connectivity index (χ1n) is 20.2. The maximum atomic E-state index is 14.1. The Hall–Kier alpha value is -5.43. The lowest BCUT2D eigenvalue weighted by Gasteiger charge is -2.37. The van der Waals surface area contributed by atoms with E-state index < -0.39 is 11.9 Å². The molecule has 3 amide bonds. The highest BCUT2D eigenvalue weighted by atomic mass is 16.5. The van der Waals surface area contributed by atoms with E-state index in [0.717, 1.165) is 90.7 Å². The molecule has 2 aliphatic heterocycles. The zero-order chi connectivity index (χ0) is 38.7. The molecule has 56 heavy (non-hydrogen) atoms. The minimum atomic E-state index is -0.570. The summed E-state index contributed by atoms with van der Waals surface area (Å²) in [7, 11) is 1.54. The SMILES string of the molecule is COc1cc2nn(C3CCC(CCN4CCN(c5cccc6c5c(C)cn6C5CCC(=O)N(c6cccn(C7CC7)c6=O)C5=O)CC4)CC3)cc2cc1C(N)=O. The lowest BCUT2D eigenvalue weighted by Crippen LogP contribution is -2.48. The van der Waals surface area contributed by atoms with Crippen LogP contribution in [0.15, 0.2) is 65.8 Å². The number of nitrogens with two attached hydrogens (primary N) is 1. The first kappa shape index (κ1) is 36.2. The molecule has 5 heterocycles. The minimum Gasteiger partial charge on any atom is -0.496 e. The molecule has 3 aromatic heterocycles. The van der Waals surface area contributed by atoms with Crippen molar-refractivity contribution in [3.05, 3.63) is 82.5 Å². The number of anilines is 2. The van der Waals surface area contributed by atoms with E-state index in [1.165, 1.54) is 32.1 Å². The van der Waals surface area contributed by atoms with E-state index in [2.05, 4.69) is 45.8 Å². The number of methoxy groups -OCH3 is 1. The molecule has 2 saturated heterocycles. The zero-order valence-electron chi connectivity index (χ0n) is 32.2. The first-order valence-corrected chi connectivity index (χ1v) is 20.2. The summed E-state index contributed by atoms with van der Waals surface area (Å²) in [4.78, 5) is 58.8. The Labute approximate surface area is 325 Å². The van der Waals surface area contributed by atoms with Crippen molar-refractivity contribution in [2.24, 2.45) is 11.7 Å². The van der Waals surface area contributed by atoms with Crippen LogP contribution in [0.5, 0.6) is 5.75 Å². The average molecular weight is 759 g/mol. The number of carbonyl (C=O) groups is 3. The fourth-order valence-corrected chi connectivity index (χ4v) is 9.49. The van der Waals surface area contributed by atoms with Crippen LogP contribution in [0.4, 0.5) is 11.4 Å². The number of hydrogen-bond donors (Lipinski definition) is 1. The molecular formula is C43H50N8O5. The standard InChI is InChI=1S/C43H50N8O5/c1-27-25-49(36-14-15-39(52)51(43(36)55)37-7-4-17-48(42(37)54)30-12-13-30)35-6-3-5-34(40(27)35)47-21-19-46(20-22-47)18-16-28-8-10-31(11-9-28)50-26-29-23-32(41(44)53)38(56-2)24-33(29)45-50/h3-7,17,23-26,28,30-31,36H,8-16,18-22H2,1-2H3,(H2,44,53). The Kier molecular flexibility index (Phi) is 9.43. The monoisotopic (exact) mass is 758 g/mol. The molecule has 0 spiro atoms. The second kappa shape index (κ2) is 14.6. The molecule has 1 unspecified atom stereocenters. The largest absolute Gasteiger partial charge is 0.496 e. The number of ether oxygens (including phenoxy) is 1. The Morgan fingerprint density at radius 1 is 0.875 bits per heavy atom. The lowest BCUT2D eigenvalue weighted by molar-refractivity contribution is -0.131. The number of benzene rings is 2. The number of piperazine rings is 1. The van der Waals surface area contributed by atoms with Gasteiger partial charge in [-0.2, -0.15) is 5.10 Å². The van der Waals surface area contributed by atoms with E-state index in [1.807, 2.05) is 10.8 Å². The smallest absolute Gasteiger partial charge is 0.275 e. The highest BCUT2D eigenvalue weighted by Gasteiger charge is 2.39. The summed E-state index contributed by atoms with van der Waals surface area (Å²) in [6.45, 7) is 7.04. The molecule has 13 heteroatoms. The van der Waals surface area contributed by atoms with Crippen LogP contribution >= 0.6 is 0 Å². The van der Waals surface area contributed by atoms with Gasteiger partial charge in [0.05, 0.1) is 29.7 Å². The summed E-state index contributed by atoms with van der Waals surface area (Å²) in [5.41, 5.74) is 9.90. The third kappa shape index (κ3) is 6.55. The summed E-state index contributed by atoms with van der Waals surface area (Å²) < 4.78 is 11.2. The van der Waals surface area contributed by atoms with Crippen molar-refractivity contribution in [2.75, 3.05) is 49.6 Å². The quantitative estimate of drug-likeness (QED) is 0.178. The van der Waals surface area contributed by atoms with Gasteiger partial charge in [0.1, 0.15) is 17.5 Å². The minimum absolute atomic E-state index is 0.153. The van der Waals surface area contributed by atoms with E-state index in [-0.39, 0.29) is 35.5 Å². The molecule has 2 aromatic carbocycles. The first-order chi connectivity index (χ1) is 27.2. The van der Waals surface area contributed by atoms with Gasteiger partial charge in [-0.15, -0.1) is 0 Å². The molecule has 2 N–H and O–H groups in total. The predicted octanol–water partition coefficient (Wildman–Crippen LogP) is 5.74. The van der Waals surface area contributed by atoms with E-state index in [9.17, 15) is 19.2 Å². The van der Waals surface area contributed by atoms with Crippen LogP contribution in [0, 0.1) is 12.8 Å². The van der Waals surface area contributed by atoms with Gasteiger partial charge in [-0.3, -0.25) is 28.8 Å². The van der Waals surface area contributed by atoms with Crippen molar-refractivity contribution in [1.82, 2.24) is 23.8 Å². The molecule has 9 rings (SSSR count). The topological polar surface area (TPSA) is 141 Å². The second-order valence-corrected chi connectivity index (χ2v) is 16.2.